The van der Waals surface area contributed by atoms with Gasteiger partial charge in [0.25, 0.3) is 0 Å². The predicted molar refractivity (Wildman–Crippen MR) is 177 cm³/mol. The predicted octanol–water partition coefficient (Wildman–Crippen LogP) is 6.91. The van der Waals surface area contributed by atoms with Crippen LogP contribution in [0.15, 0.2) is 30.3 Å². The summed E-state index contributed by atoms with van der Waals surface area (Å²) < 4.78 is 47.0. The molecule has 2 aromatic heterocycles. The Kier molecular flexibility index (Phi) is 7.57. The molecule has 0 spiro atoms. The van der Waals surface area contributed by atoms with Gasteiger partial charge in [0.1, 0.15) is 23.7 Å². The number of nitrogens with zero attached hydrogens (tertiary/aromatic N) is 6. The number of aryl methyl sites for hydroxylation is 1. The Labute approximate surface area is 284 Å². The molecule has 4 aliphatic heterocycles. The number of halogens is 5. The molecule has 0 saturated carbocycles. The van der Waals surface area contributed by atoms with E-state index in [1.54, 1.807) is 31.2 Å². The maximum absolute atomic E-state index is 13.5. The lowest BCUT2D eigenvalue weighted by molar-refractivity contribution is -0.188. The maximum atomic E-state index is 13.5. The monoisotopic (exact) mass is 700 g/mol. The van der Waals surface area contributed by atoms with Gasteiger partial charge in [-0.15, -0.1) is 0 Å². The van der Waals surface area contributed by atoms with Crippen LogP contribution in [0.25, 0.3) is 32.9 Å². The molecule has 0 radical (unpaired) electrons. The molecule has 1 N–H and O–H groups in total. The molecular formula is C34H33Cl2F3N6O3. The lowest BCUT2D eigenvalue weighted by Crippen LogP contribution is -2.59. The summed E-state index contributed by atoms with van der Waals surface area (Å²) in [4.78, 5) is 32.4. The Morgan fingerprint density at radius 3 is 2.44 bits per heavy atom. The number of amides is 1. The molecule has 8 rings (SSSR count). The number of pyridine rings is 1. The second-order valence-electron chi connectivity index (χ2n) is 13.5. The highest BCUT2D eigenvalue weighted by molar-refractivity contribution is 6.40. The maximum Gasteiger partial charge on any atom is 0.471 e. The zero-order valence-electron chi connectivity index (χ0n) is 26.2. The van der Waals surface area contributed by atoms with Crippen LogP contribution < -0.4 is 9.64 Å². The van der Waals surface area contributed by atoms with Crippen molar-refractivity contribution in [3.05, 3.63) is 46.1 Å². The minimum absolute atomic E-state index is 0.0152. The van der Waals surface area contributed by atoms with E-state index in [9.17, 15) is 23.1 Å². The van der Waals surface area contributed by atoms with E-state index in [0.29, 0.717) is 68.9 Å². The zero-order chi connectivity index (χ0) is 33.5. The Hall–Kier alpha value is -3.61. The highest BCUT2D eigenvalue weighted by Gasteiger charge is 2.52. The number of carbonyl (C=O) groups excluding carboxylic acids is 1. The van der Waals surface area contributed by atoms with Gasteiger partial charge in [0.2, 0.25) is 0 Å². The number of aromatic nitrogens is 3. The van der Waals surface area contributed by atoms with Gasteiger partial charge < -0.3 is 19.6 Å². The molecule has 4 saturated heterocycles. The van der Waals surface area contributed by atoms with Gasteiger partial charge in [0, 0.05) is 29.1 Å². The van der Waals surface area contributed by atoms with Crippen molar-refractivity contribution >= 4 is 56.6 Å². The van der Waals surface area contributed by atoms with Crippen LogP contribution in [0, 0.1) is 6.92 Å². The van der Waals surface area contributed by atoms with E-state index in [0.717, 1.165) is 43.7 Å². The number of hydrogen-bond acceptors (Lipinski definition) is 8. The van der Waals surface area contributed by atoms with Crippen LogP contribution in [0.5, 0.6) is 11.8 Å². The van der Waals surface area contributed by atoms with Gasteiger partial charge in [-0.05, 0) is 82.1 Å². The van der Waals surface area contributed by atoms with Crippen LogP contribution in [0.2, 0.25) is 10.0 Å². The number of phenols is 1. The van der Waals surface area contributed by atoms with Crippen molar-refractivity contribution < 1.29 is 27.8 Å². The fourth-order valence-electron chi connectivity index (χ4n) is 8.54. The number of aromatic hydroxyl groups is 1. The largest absolute Gasteiger partial charge is 0.508 e. The number of anilines is 1. The molecule has 2 atom stereocenters. The first-order valence-electron chi connectivity index (χ1n) is 16.3. The van der Waals surface area contributed by atoms with Crippen LogP contribution in [0.1, 0.15) is 44.2 Å². The summed E-state index contributed by atoms with van der Waals surface area (Å²) in [6, 6.07) is 7.43. The van der Waals surface area contributed by atoms with Crippen LogP contribution in [0.4, 0.5) is 19.0 Å². The van der Waals surface area contributed by atoms with E-state index in [1.807, 2.05) is 11.0 Å². The average Bonchev–Trinajstić information content (AvgIpc) is 3.70. The molecule has 48 heavy (non-hydrogen) atoms. The second-order valence-corrected chi connectivity index (χ2v) is 14.2. The van der Waals surface area contributed by atoms with Crippen molar-refractivity contribution in [1.82, 2.24) is 24.8 Å². The fourth-order valence-corrected chi connectivity index (χ4v) is 9.11. The van der Waals surface area contributed by atoms with Gasteiger partial charge in [-0.25, -0.2) is 0 Å². The first kappa shape index (κ1) is 31.6. The molecule has 252 valence electrons. The quantitative estimate of drug-likeness (QED) is 0.240. The Balaban J connectivity index is 1.26. The molecule has 4 fully saturated rings. The standard InChI is InChI=1S/C34H33Cl2F3N6O3/c1-18-25-29(27(36)28(40-18)23-14-22(46)13-19-5-2-6-24(35)26(19)23)41-32(48-17-33-9-3-11-44(33)12-4-10-33)42-30(25)43-15-20-7-8-21(16-43)45(20)31(47)34(37,38)39/h2,5-6,13-14,20-21,46H,3-4,7-12,15-17H2,1H3. The number of carbonyl (C=O) groups is 1. The van der Waals surface area contributed by atoms with Crippen LogP contribution >= 0.6 is 23.2 Å². The van der Waals surface area contributed by atoms with E-state index in [1.165, 1.54) is 0 Å². The second kappa shape index (κ2) is 11.5. The number of benzene rings is 2. The van der Waals surface area contributed by atoms with Crippen molar-refractivity contribution in [2.24, 2.45) is 0 Å². The minimum Gasteiger partial charge on any atom is -0.508 e. The van der Waals surface area contributed by atoms with Crippen LogP contribution in [-0.2, 0) is 4.79 Å². The summed E-state index contributed by atoms with van der Waals surface area (Å²) in [5, 5.41) is 13.2. The number of alkyl halides is 3. The van der Waals surface area contributed by atoms with E-state index < -0.39 is 24.2 Å². The highest BCUT2D eigenvalue weighted by atomic mass is 35.5. The first-order valence-corrected chi connectivity index (χ1v) is 17.0. The molecule has 9 nitrogen and oxygen atoms in total. The smallest absolute Gasteiger partial charge is 0.471 e. The van der Waals surface area contributed by atoms with Gasteiger partial charge in [-0.3, -0.25) is 14.7 Å². The van der Waals surface area contributed by atoms with E-state index in [-0.39, 0.29) is 35.4 Å². The van der Waals surface area contributed by atoms with Crippen molar-refractivity contribution in [2.45, 2.75) is 69.2 Å². The zero-order valence-corrected chi connectivity index (χ0v) is 27.7. The third-order valence-electron chi connectivity index (χ3n) is 10.6. The SMILES string of the molecule is Cc1nc(-c2cc(O)cc3cccc(Cl)c23)c(Cl)c2nc(OCC34CCCN3CCC4)nc(N3CC4CCC(C3)N4C(=O)C(F)(F)F)c12. The van der Waals surface area contributed by atoms with Crippen LogP contribution in [0.3, 0.4) is 0 Å². The van der Waals surface area contributed by atoms with Gasteiger partial charge in [-0.2, -0.15) is 23.1 Å². The molecule has 2 bridgehead atoms. The minimum atomic E-state index is -4.94. The Bertz CT molecular complexity index is 1950. The molecule has 2 unspecified atom stereocenters. The summed E-state index contributed by atoms with van der Waals surface area (Å²) >= 11 is 13.9. The van der Waals surface area contributed by atoms with Crippen LogP contribution in [-0.4, -0.2) is 92.4 Å². The van der Waals surface area contributed by atoms with Gasteiger partial charge in [-0.1, -0.05) is 35.3 Å². The first-order chi connectivity index (χ1) is 22.9. The fraction of sp³-hybridized carbons (Fsp3) is 0.471. The van der Waals surface area contributed by atoms with E-state index >= 15 is 0 Å². The molecule has 2 aromatic carbocycles. The molecule has 0 aliphatic carbocycles. The summed E-state index contributed by atoms with van der Waals surface area (Å²) in [6.45, 7) is 4.57. The highest BCUT2D eigenvalue weighted by Crippen LogP contribution is 2.45. The molecule has 1 amide bonds. The summed E-state index contributed by atoms with van der Waals surface area (Å²) in [5.41, 5.74) is 1.71. The van der Waals surface area contributed by atoms with Crippen molar-refractivity contribution in [3.63, 3.8) is 0 Å². The van der Waals surface area contributed by atoms with Gasteiger partial charge >= 0.3 is 18.1 Å². The van der Waals surface area contributed by atoms with Gasteiger partial charge in [0.15, 0.2) is 0 Å². The number of rotatable bonds is 5. The lowest BCUT2D eigenvalue weighted by atomic mass is 9.95. The average molecular weight is 702 g/mol. The molecular weight excluding hydrogens is 668 g/mol. The van der Waals surface area contributed by atoms with Crippen molar-refractivity contribution in [2.75, 3.05) is 37.7 Å². The number of piperazine rings is 1. The lowest BCUT2D eigenvalue weighted by Gasteiger charge is -2.42. The number of fused-ring (bicyclic) bond motifs is 5. The Morgan fingerprint density at radius 1 is 1.04 bits per heavy atom. The molecule has 6 heterocycles. The third-order valence-corrected chi connectivity index (χ3v) is 11.3. The summed E-state index contributed by atoms with van der Waals surface area (Å²) in [7, 11) is 0. The van der Waals surface area contributed by atoms with Crippen molar-refractivity contribution in [3.8, 4) is 23.0 Å². The topological polar surface area (TPSA) is 94.9 Å². The summed E-state index contributed by atoms with van der Waals surface area (Å²) in [5.74, 6) is -1.33. The molecule has 4 aliphatic rings. The van der Waals surface area contributed by atoms with E-state index in [2.05, 4.69) is 4.90 Å². The Morgan fingerprint density at radius 2 is 1.75 bits per heavy atom. The third kappa shape index (κ3) is 5.09. The van der Waals surface area contributed by atoms with E-state index in [4.69, 9.17) is 42.9 Å². The number of ether oxygens (including phenoxy) is 1. The molecule has 14 heteroatoms. The molecule has 4 aromatic rings. The van der Waals surface area contributed by atoms with Crippen molar-refractivity contribution in [1.29, 1.82) is 0 Å². The summed E-state index contributed by atoms with van der Waals surface area (Å²) in [6.07, 6.45) is 0.205. The normalized spacial score (nSPS) is 22.2. The number of hydrogen-bond donors (Lipinski definition) is 1. The van der Waals surface area contributed by atoms with Gasteiger partial charge in [0.05, 0.1) is 39.4 Å². The number of phenolic OH excluding ortho intramolecular Hbond substituents is 1.